The van der Waals surface area contributed by atoms with Crippen molar-refractivity contribution in [3.05, 3.63) is 56.1 Å². The topological polar surface area (TPSA) is 44.4 Å². The molecule has 1 amide bonds. The Balaban J connectivity index is 2.08. The van der Waals surface area contributed by atoms with E-state index in [-0.39, 0.29) is 11.0 Å². The van der Waals surface area contributed by atoms with E-state index in [2.05, 4.69) is 58.0 Å². The Labute approximate surface area is 178 Å². The molecule has 0 saturated heterocycles. The number of benzene rings is 2. The maximum Gasteiger partial charge on any atom is 0.258 e. The van der Waals surface area contributed by atoms with Crippen LogP contribution in [0.4, 0.5) is 11.4 Å². The van der Waals surface area contributed by atoms with Crippen LogP contribution >= 0.6 is 46.4 Å². The van der Waals surface area contributed by atoms with Gasteiger partial charge in [-0.1, -0.05) is 11.6 Å². The lowest BCUT2D eigenvalue weighted by atomic mass is 10.1. The highest BCUT2D eigenvalue weighted by atomic mass is 127. The minimum atomic E-state index is -0.330. The Hall–Kier alpha value is -1.38. The van der Waals surface area contributed by atoms with E-state index in [0.717, 1.165) is 27.9 Å². The lowest BCUT2D eigenvalue weighted by Crippen LogP contribution is -2.34. The highest BCUT2D eigenvalue weighted by Crippen LogP contribution is 2.23. The summed E-state index contributed by atoms with van der Waals surface area (Å²) >= 11 is 13.5. The van der Waals surface area contributed by atoms with Crippen LogP contribution in [0.5, 0.6) is 0 Å². The molecule has 0 unspecified atom stereocenters. The van der Waals surface area contributed by atoms with E-state index >= 15 is 0 Å². The fraction of sp³-hybridized carbons (Fsp3) is 0.263. The van der Waals surface area contributed by atoms with Crippen LogP contribution < -0.4 is 15.5 Å². The maximum absolute atomic E-state index is 12.4. The van der Waals surface area contributed by atoms with Gasteiger partial charge in [-0.05, 0) is 97.5 Å². The van der Waals surface area contributed by atoms with Crippen molar-refractivity contribution in [3.8, 4) is 0 Å². The van der Waals surface area contributed by atoms with Crippen molar-refractivity contribution in [2.45, 2.75) is 20.8 Å². The number of carbonyl (C=O) groups is 1. The summed E-state index contributed by atoms with van der Waals surface area (Å²) in [7, 11) is 0. The highest BCUT2D eigenvalue weighted by Gasteiger charge is 2.13. The van der Waals surface area contributed by atoms with E-state index < -0.39 is 0 Å². The molecule has 0 fully saturated rings. The van der Waals surface area contributed by atoms with Gasteiger partial charge in [0.25, 0.3) is 5.91 Å². The summed E-state index contributed by atoms with van der Waals surface area (Å²) in [6.45, 7) is 8.18. The molecule has 0 aliphatic rings. The molecule has 0 heterocycles. The zero-order chi connectivity index (χ0) is 19.3. The average Bonchev–Trinajstić information content (AvgIpc) is 2.60. The van der Waals surface area contributed by atoms with Crippen LogP contribution in [0.15, 0.2) is 36.4 Å². The Kier molecular flexibility index (Phi) is 7.67. The zero-order valence-electron chi connectivity index (χ0n) is 14.9. The number of aryl methyl sites for hydroxylation is 1. The molecular weight excluding hydrogens is 481 g/mol. The van der Waals surface area contributed by atoms with Crippen molar-refractivity contribution in [1.82, 2.24) is 5.32 Å². The van der Waals surface area contributed by atoms with Gasteiger partial charge in [0.2, 0.25) is 0 Å². The summed E-state index contributed by atoms with van der Waals surface area (Å²) in [5.41, 5.74) is 3.48. The fourth-order valence-corrected chi connectivity index (χ4v) is 3.47. The molecule has 0 spiro atoms. The second-order valence-corrected chi connectivity index (χ2v) is 7.77. The average molecular weight is 502 g/mol. The Bertz CT molecular complexity index is 824. The molecule has 138 valence electrons. The molecule has 0 radical (unpaired) electrons. The van der Waals surface area contributed by atoms with E-state index in [9.17, 15) is 4.79 Å². The minimum absolute atomic E-state index is 0.239. The third-order valence-corrected chi connectivity index (χ3v) is 5.19. The molecule has 0 aliphatic heterocycles. The predicted molar refractivity (Wildman–Crippen MR) is 123 cm³/mol. The number of halogens is 2. The summed E-state index contributed by atoms with van der Waals surface area (Å²) in [6.07, 6.45) is 0. The summed E-state index contributed by atoms with van der Waals surface area (Å²) in [4.78, 5) is 14.7. The molecule has 7 heteroatoms. The second-order valence-electron chi connectivity index (χ2n) is 5.70. The number of amides is 1. The first-order valence-electron chi connectivity index (χ1n) is 8.28. The normalized spacial score (nSPS) is 10.3. The van der Waals surface area contributed by atoms with Gasteiger partial charge in [-0.3, -0.25) is 10.1 Å². The molecular formula is C19H21ClIN3OS. The van der Waals surface area contributed by atoms with Gasteiger partial charge in [0, 0.05) is 28.0 Å². The molecule has 4 nitrogen and oxygen atoms in total. The lowest BCUT2D eigenvalue weighted by molar-refractivity contribution is 0.0978. The van der Waals surface area contributed by atoms with Crippen molar-refractivity contribution in [2.75, 3.05) is 23.3 Å². The van der Waals surface area contributed by atoms with Gasteiger partial charge in [-0.15, -0.1) is 0 Å². The van der Waals surface area contributed by atoms with Gasteiger partial charge in [0.05, 0.1) is 10.6 Å². The van der Waals surface area contributed by atoms with E-state index in [1.165, 1.54) is 5.69 Å². The fourth-order valence-electron chi connectivity index (χ4n) is 2.57. The molecule has 26 heavy (non-hydrogen) atoms. The summed E-state index contributed by atoms with van der Waals surface area (Å²) in [5, 5.41) is 6.40. The van der Waals surface area contributed by atoms with Gasteiger partial charge in [0.1, 0.15) is 0 Å². The van der Waals surface area contributed by atoms with Gasteiger partial charge in [-0.2, -0.15) is 0 Å². The number of hydrogen-bond acceptors (Lipinski definition) is 3. The number of carbonyl (C=O) groups excluding carboxylic acids is 1. The van der Waals surface area contributed by atoms with E-state index in [0.29, 0.717) is 10.6 Å². The molecule has 0 bridgehead atoms. The van der Waals surface area contributed by atoms with Crippen LogP contribution in [-0.2, 0) is 0 Å². The van der Waals surface area contributed by atoms with Crippen molar-refractivity contribution < 1.29 is 4.79 Å². The molecule has 0 saturated carbocycles. The molecule has 0 aromatic heterocycles. The minimum Gasteiger partial charge on any atom is -0.372 e. The van der Waals surface area contributed by atoms with Gasteiger partial charge in [-0.25, -0.2) is 0 Å². The van der Waals surface area contributed by atoms with Crippen molar-refractivity contribution in [2.24, 2.45) is 0 Å². The quantitative estimate of drug-likeness (QED) is 0.435. The second kappa shape index (κ2) is 9.53. The molecule has 2 N–H and O–H groups in total. The standard InChI is InChI=1S/C19H21ClIN3OS/c1-4-24(5-2)14-7-9-17(12(3)10-14)22-19(26)23-18(25)15-11-13(21)6-8-16(15)20/h6-11H,4-5H2,1-3H3,(H2,22,23,25,26). The smallest absolute Gasteiger partial charge is 0.258 e. The van der Waals surface area contributed by atoms with Crippen LogP contribution in [0, 0.1) is 10.5 Å². The Morgan fingerprint density at radius 2 is 1.88 bits per heavy atom. The number of anilines is 2. The van der Waals surface area contributed by atoms with E-state index in [4.69, 9.17) is 23.8 Å². The number of rotatable bonds is 5. The number of thiocarbonyl (C=S) groups is 1. The van der Waals surface area contributed by atoms with Crippen molar-refractivity contribution in [1.29, 1.82) is 0 Å². The molecule has 0 aliphatic carbocycles. The van der Waals surface area contributed by atoms with Crippen molar-refractivity contribution >= 4 is 68.8 Å². The zero-order valence-corrected chi connectivity index (χ0v) is 18.6. The molecule has 2 aromatic rings. The lowest BCUT2D eigenvalue weighted by Gasteiger charge is -2.22. The number of nitrogens with zero attached hydrogens (tertiary/aromatic N) is 1. The summed E-state index contributed by atoms with van der Waals surface area (Å²) in [6, 6.07) is 11.4. The highest BCUT2D eigenvalue weighted by molar-refractivity contribution is 14.1. The summed E-state index contributed by atoms with van der Waals surface area (Å²) < 4.78 is 0.930. The SMILES string of the molecule is CCN(CC)c1ccc(NC(=S)NC(=O)c2cc(I)ccc2Cl)c(C)c1. The molecule has 2 rings (SSSR count). The van der Waals surface area contributed by atoms with E-state index in [1.807, 2.05) is 25.1 Å². The predicted octanol–water partition coefficient (Wildman–Crippen LogP) is 5.23. The van der Waals surface area contributed by atoms with Crippen LogP contribution in [0.2, 0.25) is 5.02 Å². The maximum atomic E-state index is 12.4. The Morgan fingerprint density at radius 3 is 2.50 bits per heavy atom. The largest absolute Gasteiger partial charge is 0.372 e. The van der Waals surface area contributed by atoms with Crippen LogP contribution in [0.1, 0.15) is 29.8 Å². The molecule has 0 atom stereocenters. The first kappa shape index (κ1) is 20.9. The third-order valence-electron chi connectivity index (χ3n) is 3.99. The van der Waals surface area contributed by atoms with Gasteiger partial charge < -0.3 is 10.2 Å². The van der Waals surface area contributed by atoms with Gasteiger partial charge >= 0.3 is 0 Å². The monoisotopic (exact) mass is 501 g/mol. The number of nitrogens with one attached hydrogen (secondary N) is 2. The number of hydrogen-bond donors (Lipinski definition) is 2. The van der Waals surface area contributed by atoms with Crippen LogP contribution in [0.25, 0.3) is 0 Å². The molecule has 2 aromatic carbocycles. The summed E-state index contributed by atoms with van der Waals surface area (Å²) in [5.74, 6) is -0.330. The van der Waals surface area contributed by atoms with Crippen molar-refractivity contribution in [3.63, 3.8) is 0 Å². The first-order chi connectivity index (χ1) is 12.3. The van der Waals surface area contributed by atoms with Gasteiger partial charge in [0.15, 0.2) is 5.11 Å². The van der Waals surface area contributed by atoms with Crippen LogP contribution in [0.3, 0.4) is 0 Å². The van der Waals surface area contributed by atoms with E-state index in [1.54, 1.807) is 12.1 Å². The van der Waals surface area contributed by atoms with Crippen LogP contribution in [-0.4, -0.2) is 24.1 Å². The first-order valence-corrected chi connectivity index (χ1v) is 10.1. The Morgan fingerprint density at radius 1 is 1.19 bits per heavy atom. The third kappa shape index (κ3) is 5.31.